The Morgan fingerprint density at radius 2 is 1.44 bits per heavy atom. The number of carbonyl (C=O) groups is 1. The second-order valence-corrected chi connectivity index (χ2v) is 11.4. The Bertz CT molecular complexity index is 1470. The smallest absolute Gasteiger partial charge is 0.257 e. The maximum Gasteiger partial charge on any atom is 0.257 e. The van der Waals surface area contributed by atoms with Gasteiger partial charge >= 0.3 is 0 Å². The molecule has 11 heteroatoms. The number of ether oxygens (including phenoxy) is 2. The molecule has 1 amide bonds. The highest BCUT2D eigenvalue weighted by atomic mass is 19.2. The van der Waals surface area contributed by atoms with E-state index >= 15 is 0 Å². The number of benzene rings is 3. The number of hydrogen-bond donors (Lipinski definition) is 2. The van der Waals surface area contributed by atoms with Crippen molar-refractivity contribution < 1.29 is 41.3 Å². The van der Waals surface area contributed by atoms with Crippen molar-refractivity contribution in [3.8, 4) is 0 Å². The average Bonchev–Trinajstić information content (AvgIpc) is 3.61. The van der Waals surface area contributed by atoms with Gasteiger partial charge in [-0.25, -0.2) is 22.0 Å². The minimum absolute atomic E-state index is 0.0631. The fourth-order valence-corrected chi connectivity index (χ4v) is 5.97. The highest BCUT2D eigenvalue weighted by Crippen LogP contribution is 2.39. The van der Waals surface area contributed by atoms with Gasteiger partial charge in [-0.15, -0.1) is 6.58 Å². The topological polar surface area (TPSA) is 71.0 Å². The molecular formula is C34H35F5N2O4. The lowest BCUT2D eigenvalue weighted by molar-refractivity contribution is -0.253. The third-order valence-electron chi connectivity index (χ3n) is 8.40. The Labute approximate surface area is 258 Å². The average molecular weight is 631 g/mol. The SMILES string of the molecule is C=CCN(C[C@@H]1C[C@H](c2ccc(CO)cc2)O[C@H](c2ccc(CNC(=O)c3c(F)c(F)c(F)c(F)c3F)cc2)O1)C1CCCC1. The van der Waals surface area contributed by atoms with Crippen LogP contribution in [-0.4, -0.2) is 41.1 Å². The number of halogens is 5. The lowest BCUT2D eigenvalue weighted by Gasteiger charge is -2.39. The van der Waals surface area contributed by atoms with Gasteiger partial charge in [0.2, 0.25) is 5.82 Å². The first-order valence-electron chi connectivity index (χ1n) is 14.9. The van der Waals surface area contributed by atoms with Gasteiger partial charge in [-0.1, -0.05) is 67.4 Å². The standard InChI is InChI=1S/C34H35F5N2O4/c1-2-15-41(24-5-3-4-6-24)18-25-16-26(22-11-9-21(19-42)10-12-22)45-34(44-25)23-13-7-20(8-14-23)17-40-33(43)27-28(35)30(37)32(39)31(38)29(27)36/h2,7-14,24-26,34,42H,1,3-6,15-19H2,(H,40,43)/t25-,26+,34+/m0/s1. The first-order chi connectivity index (χ1) is 21.7. The van der Waals surface area contributed by atoms with E-state index in [0.717, 1.165) is 30.5 Å². The van der Waals surface area contributed by atoms with Gasteiger partial charge < -0.3 is 19.9 Å². The summed E-state index contributed by atoms with van der Waals surface area (Å²) in [7, 11) is 0. The third-order valence-corrected chi connectivity index (χ3v) is 8.40. The van der Waals surface area contributed by atoms with Gasteiger partial charge in [0.15, 0.2) is 29.6 Å². The van der Waals surface area contributed by atoms with Crippen LogP contribution in [0.4, 0.5) is 22.0 Å². The molecule has 1 saturated heterocycles. The van der Waals surface area contributed by atoms with Crippen molar-refractivity contribution in [2.24, 2.45) is 0 Å². The molecule has 0 bridgehead atoms. The van der Waals surface area contributed by atoms with E-state index in [4.69, 9.17) is 9.47 Å². The van der Waals surface area contributed by atoms with Crippen molar-refractivity contribution in [3.63, 3.8) is 0 Å². The summed E-state index contributed by atoms with van der Waals surface area (Å²) in [6.07, 6.45) is 6.03. The van der Waals surface area contributed by atoms with Gasteiger partial charge in [-0.2, -0.15) is 0 Å². The van der Waals surface area contributed by atoms with E-state index < -0.39 is 46.8 Å². The Balaban J connectivity index is 1.31. The van der Waals surface area contributed by atoms with Crippen molar-refractivity contribution in [2.75, 3.05) is 13.1 Å². The lowest BCUT2D eigenvalue weighted by Crippen LogP contribution is -2.43. The molecule has 0 aromatic heterocycles. The molecule has 0 radical (unpaired) electrons. The van der Waals surface area contributed by atoms with E-state index in [1.165, 1.54) is 12.8 Å². The number of rotatable bonds is 11. The number of carbonyl (C=O) groups excluding carboxylic acids is 1. The van der Waals surface area contributed by atoms with Crippen LogP contribution in [-0.2, 0) is 22.6 Å². The van der Waals surface area contributed by atoms with Crippen LogP contribution in [0.5, 0.6) is 0 Å². The van der Waals surface area contributed by atoms with Gasteiger partial charge in [-0.3, -0.25) is 9.69 Å². The van der Waals surface area contributed by atoms with E-state index in [0.29, 0.717) is 30.1 Å². The Hall–Kier alpha value is -3.64. The van der Waals surface area contributed by atoms with E-state index in [-0.39, 0.29) is 25.4 Å². The fraction of sp³-hybridized carbons (Fsp3) is 0.382. The first kappa shape index (κ1) is 32.7. The van der Waals surface area contributed by atoms with Gasteiger partial charge in [0.05, 0.1) is 18.8 Å². The molecule has 1 aliphatic heterocycles. The van der Waals surface area contributed by atoms with E-state index in [1.807, 2.05) is 30.3 Å². The highest BCUT2D eigenvalue weighted by molar-refractivity contribution is 5.94. The predicted octanol–water partition coefficient (Wildman–Crippen LogP) is 6.78. The molecular weight excluding hydrogens is 595 g/mol. The van der Waals surface area contributed by atoms with Crippen LogP contribution in [0.3, 0.4) is 0 Å². The maximum atomic E-state index is 14.0. The second-order valence-electron chi connectivity index (χ2n) is 11.4. The minimum Gasteiger partial charge on any atom is -0.392 e. The van der Waals surface area contributed by atoms with Crippen LogP contribution in [0, 0.1) is 29.1 Å². The molecule has 1 saturated carbocycles. The van der Waals surface area contributed by atoms with Gasteiger partial charge in [-0.05, 0) is 29.5 Å². The highest BCUT2D eigenvalue weighted by Gasteiger charge is 2.35. The molecule has 2 fully saturated rings. The fourth-order valence-electron chi connectivity index (χ4n) is 5.97. The Morgan fingerprint density at radius 1 is 0.867 bits per heavy atom. The number of nitrogens with zero attached hydrogens (tertiary/aromatic N) is 1. The zero-order chi connectivity index (χ0) is 32.1. The number of hydrogen-bond acceptors (Lipinski definition) is 5. The maximum absolute atomic E-state index is 14.0. The third kappa shape index (κ3) is 7.44. The summed E-state index contributed by atoms with van der Waals surface area (Å²) in [5.74, 6) is -12.5. The molecule has 2 aliphatic rings. The van der Waals surface area contributed by atoms with Gasteiger partial charge in [0, 0.05) is 37.7 Å². The van der Waals surface area contributed by atoms with Crippen LogP contribution in [0.2, 0.25) is 0 Å². The lowest BCUT2D eigenvalue weighted by atomic mass is 9.99. The van der Waals surface area contributed by atoms with E-state index in [9.17, 15) is 31.9 Å². The molecule has 3 aromatic rings. The molecule has 1 heterocycles. The van der Waals surface area contributed by atoms with Crippen LogP contribution in [0.15, 0.2) is 61.2 Å². The predicted molar refractivity (Wildman–Crippen MR) is 156 cm³/mol. The molecule has 3 atom stereocenters. The number of aliphatic hydroxyl groups excluding tert-OH is 1. The van der Waals surface area contributed by atoms with E-state index in [2.05, 4.69) is 16.8 Å². The van der Waals surface area contributed by atoms with Crippen LogP contribution in [0.25, 0.3) is 0 Å². The van der Waals surface area contributed by atoms with Crippen molar-refractivity contribution >= 4 is 5.91 Å². The number of aliphatic hydroxyl groups is 1. The summed E-state index contributed by atoms with van der Waals surface area (Å²) in [6, 6.07) is 14.8. The molecule has 45 heavy (non-hydrogen) atoms. The molecule has 0 unspecified atom stereocenters. The molecule has 1 aliphatic carbocycles. The van der Waals surface area contributed by atoms with Crippen molar-refractivity contribution in [3.05, 3.63) is 118 Å². The molecule has 0 spiro atoms. The molecule has 2 N–H and O–H groups in total. The largest absolute Gasteiger partial charge is 0.392 e. The van der Waals surface area contributed by atoms with Crippen LogP contribution in [0.1, 0.15) is 77.1 Å². The molecule has 240 valence electrons. The quantitative estimate of drug-likeness (QED) is 0.106. The molecule has 5 rings (SSSR count). The summed E-state index contributed by atoms with van der Waals surface area (Å²) >= 11 is 0. The zero-order valence-electron chi connectivity index (χ0n) is 24.6. The van der Waals surface area contributed by atoms with Gasteiger partial charge in [0.25, 0.3) is 5.91 Å². The molecule has 3 aromatic carbocycles. The Kier molecular flexibility index (Phi) is 10.7. The minimum atomic E-state index is -2.33. The normalized spacial score (nSPS) is 20.5. The summed E-state index contributed by atoms with van der Waals surface area (Å²) in [4.78, 5) is 14.8. The van der Waals surface area contributed by atoms with E-state index in [1.54, 1.807) is 24.3 Å². The van der Waals surface area contributed by atoms with Crippen molar-refractivity contribution in [2.45, 2.75) is 69.8 Å². The summed E-state index contributed by atoms with van der Waals surface area (Å²) < 4.78 is 81.4. The Morgan fingerprint density at radius 3 is 2.04 bits per heavy atom. The summed E-state index contributed by atoms with van der Waals surface area (Å²) in [5.41, 5.74) is 1.41. The summed E-state index contributed by atoms with van der Waals surface area (Å²) in [6.45, 7) is 5.09. The van der Waals surface area contributed by atoms with Crippen LogP contribution >= 0.6 is 0 Å². The zero-order valence-corrected chi connectivity index (χ0v) is 24.6. The number of amides is 1. The van der Waals surface area contributed by atoms with Crippen LogP contribution < -0.4 is 5.32 Å². The first-order valence-corrected chi connectivity index (χ1v) is 14.9. The van der Waals surface area contributed by atoms with Crippen molar-refractivity contribution in [1.82, 2.24) is 10.2 Å². The molecule has 6 nitrogen and oxygen atoms in total. The number of nitrogens with one attached hydrogen (secondary N) is 1. The monoisotopic (exact) mass is 630 g/mol. The van der Waals surface area contributed by atoms with Gasteiger partial charge in [0.1, 0.15) is 5.56 Å². The summed E-state index contributed by atoms with van der Waals surface area (Å²) in [5, 5.41) is 11.7. The van der Waals surface area contributed by atoms with Crippen molar-refractivity contribution in [1.29, 1.82) is 0 Å². The second kappa shape index (κ2) is 14.6.